The molecule has 1 aromatic rings. The molecule has 2 atom stereocenters. The molecule has 96 valence electrons. The van der Waals surface area contributed by atoms with Crippen LogP contribution in [0.1, 0.15) is 26.3 Å². The van der Waals surface area contributed by atoms with Crippen molar-refractivity contribution in [2.24, 2.45) is 0 Å². The average molecular weight is 255 g/mol. The molecular formula is C14H22FNS. The van der Waals surface area contributed by atoms with E-state index in [-0.39, 0.29) is 5.82 Å². The fourth-order valence-corrected chi connectivity index (χ4v) is 2.55. The smallest absolute Gasteiger partial charge is 0.123 e. The second kappa shape index (κ2) is 7.72. The standard InChI is InChI=1S/C14H22FNS/c1-4-17-10-12(3)16-11(2)9-13-5-7-14(15)8-6-13/h5-8,11-12,16H,4,9-10H2,1-3H3. The summed E-state index contributed by atoms with van der Waals surface area (Å²) in [4.78, 5) is 0. The van der Waals surface area contributed by atoms with Gasteiger partial charge in [-0.2, -0.15) is 11.8 Å². The third-order valence-electron chi connectivity index (χ3n) is 2.60. The highest BCUT2D eigenvalue weighted by molar-refractivity contribution is 7.99. The normalized spacial score (nSPS) is 14.6. The Morgan fingerprint density at radius 2 is 1.82 bits per heavy atom. The van der Waals surface area contributed by atoms with Crippen LogP contribution in [0.2, 0.25) is 0 Å². The van der Waals surface area contributed by atoms with E-state index in [2.05, 4.69) is 26.1 Å². The maximum Gasteiger partial charge on any atom is 0.123 e. The molecule has 1 rings (SSSR count). The van der Waals surface area contributed by atoms with E-state index in [1.807, 2.05) is 23.9 Å². The molecule has 0 heterocycles. The molecular weight excluding hydrogens is 233 g/mol. The van der Waals surface area contributed by atoms with E-state index in [0.29, 0.717) is 12.1 Å². The van der Waals surface area contributed by atoms with Crippen LogP contribution < -0.4 is 5.32 Å². The Labute approximate surface area is 108 Å². The van der Waals surface area contributed by atoms with Crippen LogP contribution >= 0.6 is 11.8 Å². The minimum Gasteiger partial charge on any atom is -0.311 e. The van der Waals surface area contributed by atoms with Crippen molar-refractivity contribution < 1.29 is 4.39 Å². The van der Waals surface area contributed by atoms with Gasteiger partial charge in [-0.1, -0.05) is 19.1 Å². The summed E-state index contributed by atoms with van der Waals surface area (Å²) < 4.78 is 12.8. The maximum atomic E-state index is 12.8. The molecule has 1 N–H and O–H groups in total. The lowest BCUT2D eigenvalue weighted by Gasteiger charge is -2.19. The molecule has 0 radical (unpaired) electrons. The van der Waals surface area contributed by atoms with Gasteiger partial charge in [-0.15, -0.1) is 0 Å². The second-order valence-electron chi connectivity index (χ2n) is 4.46. The number of benzene rings is 1. The second-order valence-corrected chi connectivity index (χ2v) is 5.78. The van der Waals surface area contributed by atoms with Gasteiger partial charge in [0, 0.05) is 17.8 Å². The fraction of sp³-hybridized carbons (Fsp3) is 0.571. The lowest BCUT2D eigenvalue weighted by Crippen LogP contribution is -2.37. The zero-order valence-electron chi connectivity index (χ0n) is 10.9. The molecule has 0 saturated heterocycles. The highest BCUT2D eigenvalue weighted by Gasteiger charge is 2.07. The van der Waals surface area contributed by atoms with Gasteiger partial charge in [-0.05, 0) is 43.7 Å². The van der Waals surface area contributed by atoms with Gasteiger partial charge in [0.2, 0.25) is 0 Å². The first-order valence-corrected chi connectivity index (χ1v) is 7.35. The number of halogens is 1. The van der Waals surface area contributed by atoms with E-state index >= 15 is 0 Å². The van der Waals surface area contributed by atoms with Gasteiger partial charge in [-0.25, -0.2) is 4.39 Å². The topological polar surface area (TPSA) is 12.0 Å². The van der Waals surface area contributed by atoms with Crippen molar-refractivity contribution in [1.29, 1.82) is 0 Å². The fourth-order valence-electron chi connectivity index (χ4n) is 1.86. The summed E-state index contributed by atoms with van der Waals surface area (Å²) in [6.45, 7) is 6.57. The first-order chi connectivity index (χ1) is 8.11. The van der Waals surface area contributed by atoms with Crippen molar-refractivity contribution in [1.82, 2.24) is 5.32 Å². The van der Waals surface area contributed by atoms with E-state index in [0.717, 1.165) is 12.2 Å². The molecule has 17 heavy (non-hydrogen) atoms. The van der Waals surface area contributed by atoms with Gasteiger partial charge in [0.25, 0.3) is 0 Å². The molecule has 0 spiro atoms. The van der Waals surface area contributed by atoms with Crippen molar-refractivity contribution in [3.05, 3.63) is 35.6 Å². The van der Waals surface area contributed by atoms with Crippen molar-refractivity contribution in [2.45, 2.75) is 39.3 Å². The minimum atomic E-state index is -0.165. The SMILES string of the molecule is CCSCC(C)NC(C)Cc1ccc(F)cc1. The number of hydrogen-bond donors (Lipinski definition) is 1. The molecule has 0 aliphatic heterocycles. The number of rotatable bonds is 7. The van der Waals surface area contributed by atoms with Gasteiger partial charge in [0.1, 0.15) is 5.82 Å². The molecule has 0 aliphatic rings. The van der Waals surface area contributed by atoms with Gasteiger partial charge in [0.05, 0.1) is 0 Å². The lowest BCUT2D eigenvalue weighted by molar-refractivity contribution is 0.491. The van der Waals surface area contributed by atoms with Crippen molar-refractivity contribution in [3.8, 4) is 0 Å². The quantitative estimate of drug-likeness (QED) is 0.800. The van der Waals surface area contributed by atoms with E-state index in [9.17, 15) is 4.39 Å². The monoisotopic (exact) mass is 255 g/mol. The molecule has 0 aromatic heterocycles. The molecule has 0 fully saturated rings. The predicted octanol–water partition coefficient (Wildman–Crippen LogP) is 3.49. The summed E-state index contributed by atoms with van der Waals surface area (Å²) in [5.41, 5.74) is 1.18. The zero-order chi connectivity index (χ0) is 12.7. The summed E-state index contributed by atoms with van der Waals surface area (Å²) in [5, 5.41) is 3.56. The van der Waals surface area contributed by atoms with Gasteiger partial charge < -0.3 is 5.32 Å². The first-order valence-electron chi connectivity index (χ1n) is 6.20. The van der Waals surface area contributed by atoms with Crippen LogP contribution in [0, 0.1) is 5.82 Å². The Morgan fingerprint density at radius 3 is 2.41 bits per heavy atom. The van der Waals surface area contributed by atoms with Crippen LogP contribution in [0.5, 0.6) is 0 Å². The first kappa shape index (κ1) is 14.5. The summed E-state index contributed by atoms with van der Waals surface area (Å²) in [6, 6.07) is 7.72. The van der Waals surface area contributed by atoms with Crippen LogP contribution in [-0.2, 0) is 6.42 Å². The highest BCUT2D eigenvalue weighted by Crippen LogP contribution is 2.07. The molecule has 3 heteroatoms. The summed E-state index contributed by atoms with van der Waals surface area (Å²) >= 11 is 1.95. The predicted molar refractivity (Wildman–Crippen MR) is 75.2 cm³/mol. The number of thioether (sulfide) groups is 1. The van der Waals surface area contributed by atoms with Gasteiger partial charge in [0.15, 0.2) is 0 Å². The Bertz CT molecular complexity index is 313. The number of nitrogens with one attached hydrogen (secondary N) is 1. The van der Waals surface area contributed by atoms with Crippen molar-refractivity contribution in [2.75, 3.05) is 11.5 Å². The van der Waals surface area contributed by atoms with Crippen molar-refractivity contribution in [3.63, 3.8) is 0 Å². The molecule has 0 aliphatic carbocycles. The van der Waals surface area contributed by atoms with Crippen LogP contribution in [0.4, 0.5) is 4.39 Å². The van der Waals surface area contributed by atoms with Crippen LogP contribution in [0.15, 0.2) is 24.3 Å². The van der Waals surface area contributed by atoms with E-state index < -0.39 is 0 Å². The van der Waals surface area contributed by atoms with Crippen LogP contribution in [0.25, 0.3) is 0 Å². The average Bonchev–Trinajstić information content (AvgIpc) is 2.29. The largest absolute Gasteiger partial charge is 0.311 e. The minimum absolute atomic E-state index is 0.165. The third-order valence-corrected chi connectivity index (χ3v) is 3.74. The van der Waals surface area contributed by atoms with Gasteiger partial charge in [-0.3, -0.25) is 0 Å². The summed E-state index contributed by atoms with van der Waals surface area (Å²) in [6.07, 6.45) is 0.946. The zero-order valence-corrected chi connectivity index (χ0v) is 11.7. The van der Waals surface area contributed by atoms with E-state index in [1.54, 1.807) is 0 Å². The highest BCUT2D eigenvalue weighted by atomic mass is 32.2. The Morgan fingerprint density at radius 1 is 1.18 bits per heavy atom. The van der Waals surface area contributed by atoms with Crippen molar-refractivity contribution >= 4 is 11.8 Å². The molecule has 1 nitrogen and oxygen atoms in total. The van der Waals surface area contributed by atoms with Crippen LogP contribution in [0.3, 0.4) is 0 Å². The molecule has 0 saturated carbocycles. The molecule has 2 unspecified atom stereocenters. The molecule has 0 amide bonds. The number of hydrogen-bond acceptors (Lipinski definition) is 2. The Balaban J connectivity index is 2.33. The van der Waals surface area contributed by atoms with Gasteiger partial charge >= 0.3 is 0 Å². The maximum absolute atomic E-state index is 12.8. The molecule has 1 aromatic carbocycles. The van der Waals surface area contributed by atoms with E-state index in [1.165, 1.54) is 23.4 Å². The van der Waals surface area contributed by atoms with E-state index in [4.69, 9.17) is 0 Å². The summed E-state index contributed by atoms with van der Waals surface area (Å²) in [5.74, 6) is 2.14. The van der Waals surface area contributed by atoms with Crippen LogP contribution in [-0.4, -0.2) is 23.6 Å². The Hall–Kier alpha value is -0.540. The lowest BCUT2D eigenvalue weighted by atomic mass is 10.1. The third kappa shape index (κ3) is 6.08. The molecule has 0 bridgehead atoms. The Kier molecular flexibility index (Phi) is 6.60. The summed E-state index contributed by atoms with van der Waals surface area (Å²) in [7, 11) is 0.